The third-order valence-electron chi connectivity index (χ3n) is 17.4. The summed E-state index contributed by atoms with van der Waals surface area (Å²) in [6.07, 6.45) is 9.99. The Morgan fingerprint density at radius 1 is 0.818 bits per heavy atom. The molecule has 0 heterocycles. The van der Waals surface area contributed by atoms with E-state index in [4.69, 9.17) is 4.74 Å². The summed E-state index contributed by atoms with van der Waals surface area (Å²) in [7, 11) is 0. The molecular formula is C49H67NO5. The van der Waals surface area contributed by atoms with Crippen molar-refractivity contribution < 1.29 is 24.2 Å². The number of nitrogens with one attached hydrogen (secondary N) is 1. The lowest BCUT2D eigenvalue weighted by Gasteiger charge is -2.72. The molecule has 2 aromatic carbocycles. The van der Waals surface area contributed by atoms with Crippen molar-refractivity contribution in [1.29, 1.82) is 0 Å². The summed E-state index contributed by atoms with van der Waals surface area (Å²) in [4.78, 5) is 39.8. The zero-order valence-corrected chi connectivity index (χ0v) is 34.9. The standard InChI is InChI=1S/C49H67NO5/c1-31(2)34-21-26-49(42(52)50-30-33-17-13-14-18-35(33)32-15-11-10-12-16-32)28-27-47(8)36(41(34)49)19-20-38-46(7)24-23-39(55-40(51)29-44(3,4)43(53)54)45(5,6)37(46)22-25-48(38,47)9/h10-18,34,36-39,41H,1,19-30H2,2-9H3,(H,50,52)(H,53,54)/t34-,36+,37-,38+,39-,41+,46-,47+,48+,49-/m0/s1. The van der Waals surface area contributed by atoms with Crippen LogP contribution in [0, 0.1) is 62.1 Å². The van der Waals surface area contributed by atoms with Gasteiger partial charge in [0, 0.05) is 12.0 Å². The number of benzene rings is 2. The molecule has 0 aromatic heterocycles. The maximum absolute atomic E-state index is 14.9. The van der Waals surface area contributed by atoms with Gasteiger partial charge in [0.2, 0.25) is 5.91 Å². The first kappa shape index (κ1) is 39.8. The number of carboxylic acids is 1. The number of carbonyl (C=O) groups excluding carboxylic acids is 2. The van der Waals surface area contributed by atoms with E-state index in [2.05, 4.69) is 102 Å². The Hall–Kier alpha value is -3.41. The first-order valence-electron chi connectivity index (χ1n) is 21.3. The van der Waals surface area contributed by atoms with Crippen molar-refractivity contribution in [1.82, 2.24) is 5.32 Å². The number of ether oxygens (including phenoxy) is 1. The van der Waals surface area contributed by atoms with Crippen LogP contribution in [0.1, 0.15) is 132 Å². The Morgan fingerprint density at radius 3 is 2.20 bits per heavy atom. The summed E-state index contributed by atoms with van der Waals surface area (Å²) in [6.45, 7) is 22.9. The molecule has 298 valence electrons. The van der Waals surface area contributed by atoms with E-state index in [9.17, 15) is 19.5 Å². The lowest BCUT2D eigenvalue weighted by Crippen LogP contribution is -2.67. The molecule has 7 rings (SSSR count). The number of aliphatic carboxylic acids is 1. The van der Waals surface area contributed by atoms with Gasteiger partial charge >= 0.3 is 11.9 Å². The predicted octanol–water partition coefficient (Wildman–Crippen LogP) is 11.0. The van der Waals surface area contributed by atoms with Crippen LogP contribution in [0.25, 0.3) is 11.1 Å². The van der Waals surface area contributed by atoms with Gasteiger partial charge in [-0.15, -0.1) is 0 Å². The summed E-state index contributed by atoms with van der Waals surface area (Å²) in [5, 5.41) is 13.2. The lowest BCUT2D eigenvalue weighted by molar-refractivity contribution is -0.249. The number of carboxylic acid groups (broad SMARTS) is 1. The van der Waals surface area contributed by atoms with Gasteiger partial charge in [-0.1, -0.05) is 101 Å². The average molecular weight is 750 g/mol. The zero-order chi connectivity index (χ0) is 39.8. The van der Waals surface area contributed by atoms with Crippen LogP contribution in [0.15, 0.2) is 66.7 Å². The molecule has 2 N–H and O–H groups in total. The molecular weight excluding hydrogens is 683 g/mol. The number of rotatable bonds is 9. The van der Waals surface area contributed by atoms with Crippen LogP contribution in [-0.2, 0) is 25.7 Å². The van der Waals surface area contributed by atoms with Crippen molar-refractivity contribution in [3.8, 4) is 11.1 Å². The third kappa shape index (κ3) is 6.22. The third-order valence-corrected chi connectivity index (χ3v) is 17.4. The molecule has 0 unspecified atom stereocenters. The molecule has 10 atom stereocenters. The maximum Gasteiger partial charge on any atom is 0.309 e. The second-order valence-corrected chi connectivity index (χ2v) is 20.8. The van der Waals surface area contributed by atoms with E-state index >= 15 is 0 Å². The molecule has 5 fully saturated rings. The number of amides is 1. The molecule has 5 aliphatic carbocycles. The van der Waals surface area contributed by atoms with Gasteiger partial charge in [-0.05, 0) is 148 Å². The van der Waals surface area contributed by atoms with Crippen LogP contribution >= 0.6 is 0 Å². The van der Waals surface area contributed by atoms with Gasteiger partial charge in [-0.3, -0.25) is 14.4 Å². The fourth-order valence-corrected chi connectivity index (χ4v) is 14.3. The lowest BCUT2D eigenvalue weighted by atomic mass is 9.32. The Balaban J connectivity index is 1.13. The first-order chi connectivity index (χ1) is 25.8. The summed E-state index contributed by atoms with van der Waals surface area (Å²) in [5.74, 6) is 0.913. The molecule has 0 spiro atoms. The van der Waals surface area contributed by atoms with E-state index in [1.807, 2.05) is 6.07 Å². The minimum atomic E-state index is -1.15. The van der Waals surface area contributed by atoms with E-state index in [0.717, 1.165) is 63.4 Å². The fourth-order valence-electron chi connectivity index (χ4n) is 14.3. The highest BCUT2D eigenvalue weighted by atomic mass is 16.5. The van der Waals surface area contributed by atoms with Crippen LogP contribution < -0.4 is 5.32 Å². The Bertz CT molecular complexity index is 1830. The van der Waals surface area contributed by atoms with Gasteiger partial charge in [0.25, 0.3) is 0 Å². The Morgan fingerprint density at radius 2 is 1.51 bits per heavy atom. The van der Waals surface area contributed by atoms with Crippen LogP contribution in [0.4, 0.5) is 0 Å². The summed E-state index contributed by atoms with van der Waals surface area (Å²) in [6, 6.07) is 18.9. The molecule has 5 aliphatic rings. The van der Waals surface area contributed by atoms with Gasteiger partial charge in [-0.25, -0.2) is 0 Å². The van der Waals surface area contributed by atoms with Crippen molar-refractivity contribution in [3.05, 3.63) is 72.3 Å². The van der Waals surface area contributed by atoms with Crippen LogP contribution in [0.5, 0.6) is 0 Å². The van der Waals surface area contributed by atoms with Gasteiger partial charge in [-0.2, -0.15) is 0 Å². The van der Waals surface area contributed by atoms with Gasteiger partial charge in [0.1, 0.15) is 6.10 Å². The van der Waals surface area contributed by atoms with E-state index in [-0.39, 0.29) is 51.4 Å². The summed E-state index contributed by atoms with van der Waals surface area (Å²) in [5.41, 5.74) is 3.33. The van der Waals surface area contributed by atoms with Gasteiger partial charge < -0.3 is 15.2 Å². The van der Waals surface area contributed by atoms with Crippen LogP contribution in [0.2, 0.25) is 0 Å². The van der Waals surface area contributed by atoms with Crippen LogP contribution in [0.3, 0.4) is 0 Å². The molecule has 2 aromatic rings. The second-order valence-electron chi connectivity index (χ2n) is 20.8. The molecule has 55 heavy (non-hydrogen) atoms. The van der Waals surface area contributed by atoms with E-state index in [1.54, 1.807) is 13.8 Å². The van der Waals surface area contributed by atoms with Gasteiger partial charge in [0.15, 0.2) is 0 Å². The number of fused-ring (bicyclic) bond motifs is 7. The number of hydrogen-bond donors (Lipinski definition) is 2. The zero-order valence-electron chi connectivity index (χ0n) is 34.9. The average Bonchev–Trinajstić information content (AvgIpc) is 3.54. The molecule has 0 saturated heterocycles. The highest BCUT2D eigenvalue weighted by Gasteiger charge is 2.72. The highest BCUT2D eigenvalue weighted by Crippen LogP contribution is 2.77. The first-order valence-corrected chi connectivity index (χ1v) is 21.3. The number of esters is 1. The minimum Gasteiger partial charge on any atom is -0.481 e. The quantitative estimate of drug-likeness (QED) is 0.197. The van der Waals surface area contributed by atoms with E-state index in [1.165, 1.54) is 23.1 Å². The SMILES string of the molecule is C=C(C)[C@@H]1CC[C@]2(C(=O)NCc3ccccc3-c3ccccc3)CC[C@]3(C)[C@H](CC[C@@H]4[C@@]5(C)CC[C@H](OC(=O)CC(C)(C)C(=O)O)C(C)(C)[C@@H]5CC[C@]43C)[C@@H]12. The summed E-state index contributed by atoms with van der Waals surface area (Å²) >= 11 is 0. The monoisotopic (exact) mass is 750 g/mol. The van der Waals surface area contributed by atoms with Gasteiger partial charge in [0.05, 0.1) is 17.3 Å². The van der Waals surface area contributed by atoms with E-state index < -0.39 is 17.4 Å². The highest BCUT2D eigenvalue weighted by molar-refractivity contribution is 5.84. The largest absolute Gasteiger partial charge is 0.481 e. The van der Waals surface area contributed by atoms with Crippen molar-refractivity contribution >= 4 is 17.8 Å². The van der Waals surface area contributed by atoms with E-state index in [0.29, 0.717) is 30.2 Å². The van der Waals surface area contributed by atoms with Crippen molar-refractivity contribution in [2.45, 2.75) is 139 Å². The predicted molar refractivity (Wildman–Crippen MR) is 219 cm³/mol. The number of hydrogen-bond acceptors (Lipinski definition) is 4. The molecule has 0 radical (unpaired) electrons. The number of carbonyl (C=O) groups is 3. The van der Waals surface area contributed by atoms with Crippen LogP contribution in [-0.4, -0.2) is 29.1 Å². The Kier molecular flexibility index (Phi) is 10.1. The number of allylic oxidation sites excluding steroid dienone is 1. The van der Waals surface area contributed by atoms with Crippen molar-refractivity contribution in [2.24, 2.45) is 62.1 Å². The molecule has 6 nitrogen and oxygen atoms in total. The minimum absolute atomic E-state index is 0.103. The molecule has 0 bridgehead atoms. The molecule has 1 amide bonds. The summed E-state index contributed by atoms with van der Waals surface area (Å²) < 4.78 is 6.20. The molecule has 6 heteroatoms. The molecule has 0 aliphatic heterocycles. The molecule has 5 saturated carbocycles. The normalized spacial score (nSPS) is 37.7. The maximum atomic E-state index is 14.9. The second kappa shape index (κ2) is 13.9. The Labute approximate surface area is 330 Å². The smallest absolute Gasteiger partial charge is 0.309 e. The van der Waals surface area contributed by atoms with Crippen molar-refractivity contribution in [2.75, 3.05) is 0 Å². The van der Waals surface area contributed by atoms with Crippen molar-refractivity contribution in [3.63, 3.8) is 0 Å². The topological polar surface area (TPSA) is 92.7 Å². The fraction of sp³-hybridized carbons (Fsp3) is 0.653.